The number of aliphatic hydroxyl groups is 2. The maximum atomic E-state index is 10.4. The van der Waals surface area contributed by atoms with Crippen LogP contribution in [0.1, 0.15) is 0 Å². The van der Waals surface area contributed by atoms with Gasteiger partial charge in [-0.15, -0.1) is 0 Å². The van der Waals surface area contributed by atoms with Gasteiger partial charge in [-0.05, 0) is 0 Å². The molecule has 0 aliphatic carbocycles. The molecule has 0 aromatic rings. The quantitative estimate of drug-likeness (QED) is 0.241. The molecule has 0 rings (SSSR count). The maximum absolute atomic E-state index is 10.4. The van der Waals surface area contributed by atoms with Crippen LogP contribution in [0.25, 0.3) is 0 Å². The van der Waals surface area contributed by atoms with Gasteiger partial charge in [0.2, 0.25) is 11.7 Å². The molecule has 0 bridgehead atoms. The van der Waals surface area contributed by atoms with Crippen molar-refractivity contribution in [3.05, 3.63) is 0 Å². The Morgan fingerprint density at radius 3 is 0.909 bits per heavy atom. The van der Waals surface area contributed by atoms with Gasteiger partial charge in [0.05, 0.1) is 42.3 Å². The van der Waals surface area contributed by atoms with Crippen LogP contribution in [0.3, 0.4) is 0 Å². The number of likely N-dealkylation sites (N-methyl/N-ethyl adjacent to an activating group) is 2. The highest BCUT2D eigenvalue weighted by Crippen LogP contribution is 2.40. The first-order valence-corrected chi connectivity index (χ1v) is 9.69. The van der Waals surface area contributed by atoms with E-state index >= 15 is 0 Å². The number of hydrogen-bond donors (Lipinski definition) is 6. The predicted octanol–water partition coefficient (Wildman–Crippen LogP) is -1.62. The number of rotatable bonds is 6. The van der Waals surface area contributed by atoms with Crippen LogP contribution in [0.2, 0.25) is 0 Å². The highest BCUT2D eigenvalue weighted by molar-refractivity contribution is 7.52. The first kappa shape index (κ1) is 24.4. The fourth-order valence-corrected chi connectivity index (χ4v) is 2.60. The normalized spacial score (nSPS) is 16.5. The molecule has 0 fully saturated rings. The molecule has 0 heterocycles. The van der Waals surface area contributed by atoms with Crippen molar-refractivity contribution in [2.75, 3.05) is 55.4 Å². The van der Waals surface area contributed by atoms with Crippen LogP contribution >= 0.6 is 15.2 Å². The zero-order valence-corrected chi connectivity index (χ0v) is 15.6. The molecule has 2 unspecified atom stereocenters. The van der Waals surface area contributed by atoms with Crippen LogP contribution in [0.4, 0.5) is 0 Å². The number of hydrogen-bond acceptors (Lipinski definition) is 4. The zero-order valence-electron chi connectivity index (χ0n) is 13.9. The van der Waals surface area contributed by atoms with Crippen LogP contribution in [0.5, 0.6) is 0 Å². The molecule has 2 atom stereocenters. The van der Waals surface area contributed by atoms with Gasteiger partial charge in [-0.1, -0.05) is 0 Å². The van der Waals surface area contributed by atoms with Crippen LogP contribution in [0, 0.1) is 0 Å². The molecule has 0 aliphatic heterocycles. The SMILES string of the molecule is C[N+](C)(C)CC(O)P(=O)(O)O.C[N+](C)(C)CC(O)P(=O)(O)O. The van der Waals surface area contributed by atoms with E-state index in [1.54, 1.807) is 42.3 Å². The monoisotopic (exact) mass is 368 g/mol. The summed E-state index contributed by atoms with van der Waals surface area (Å²) in [5, 5.41) is 17.9. The Balaban J connectivity index is 0. The van der Waals surface area contributed by atoms with Crippen LogP contribution in [-0.4, -0.2) is 106 Å². The van der Waals surface area contributed by atoms with Gasteiger partial charge >= 0.3 is 15.2 Å². The molecule has 0 saturated heterocycles. The third-order valence-electron chi connectivity index (χ3n) is 2.20. The molecule has 0 amide bonds. The van der Waals surface area contributed by atoms with Crippen molar-refractivity contribution in [2.45, 2.75) is 11.7 Å². The maximum Gasteiger partial charge on any atom is 0.359 e. The lowest BCUT2D eigenvalue weighted by Gasteiger charge is -2.26. The van der Waals surface area contributed by atoms with Crippen molar-refractivity contribution < 1.29 is 47.9 Å². The number of nitrogens with zero attached hydrogens (tertiary/aromatic N) is 2. The Hall–Kier alpha value is 0.140. The minimum absolute atomic E-state index is 0.0459. The first-order valence-electron chi connectivity index (χ1n) is 6.33. The largest absolute Gasteiger partial charge is 0.376 e. The van der Waals surface area contributed by atoms with E-state index in [-0.39, 0.29) is 13.1 Å². The van der Waals surface area contributed by atoms with Crippen molar-refractivity contribution in [3.63, 3.8) is 0 Å². The van der Waals surface area contributed by atoms with E-state index in [1.165, 1.54) is 0 Å². The fourth-order valence-electron chi connectivity index (χ4n) is 1.19. The minimum atomic E-state index is -4.31. The fraction of sp³-hybridized carbons (Fsp3) is 1.00. The molecule has 22 heavy (non-hydrogen) atoms. The molecule has 10 nitrogen and oxygen atoms in total. The molecule has 0 spiro atoms. The minimum Gasteiger partial charge on any atom is -0.376 e. The van der Waals surface area contributed by atoms with E-state index in [0.717, 1.165) is 0 Å². The molecule has 6 N–H and O–H groups in total. The van der Waals surface area contributed by atoms with Gasteiger partial charge in [-0.3, -0.25) is 9.13 Å². The summed E-state index contributed by atoms with van der Waals surface area (Å²) in [5.41, 5.74) is 0. The summed E-state index contributed by atoms with van der Waals surface area (Å²) in [6.45, 7) is 0.0918. The third kappa shape index (κ3) is 15.1. The summed E-state index contributed by atoms with van der Waals surface area (Å²) in [7, 11) is 1.87. The Bertz CT molecular complexity index is 380. The Morgan fingerprint density at radius 1 is 0.682 bits per heavy atom. The smallest absolute Gasteiger partial charge is 0.359 e. The van der Waals surface area contributed by atoms with Gasteiger partial charge in [0.1, 0.15) is 13.1 Å². The van der Waals surface area contributed by atoms with E-state index in [1.807, 2.05) is 0 Å². The first-order chi connectivity index (χ1) is 9.26. The molecule has 0 aromatic carbocycles. The van der Waals surface area contributed by atoms with E-state index in [9.17, 15) is 9.13 Å². The summed E-state index contributed by atoms with van der Waals surface area (Å²) in [6.07, 6.45) is 0. The zero-order chi connectivity index (χ0) is 18.6. The second-order valence-corrected chi connectivity index (χ2v) is 10.6. The highest BCUT2D eigenvalue weighted by atomic mass is 31.2. The third-order valence-corrected chi connectivity index (χ3v) is 4.08. The van der Waals surface area contributed by atoms with Gasteiger partial charge in [0.25, 0.3) is 0 Å². The second kappa shape index (κ2) is 8.30. The summed E-state index contributed by atoms with van der Waals surface area (Å²) in [5.74, 6) is -3.11. The van der Waals surface area contributed by atoms with E-state index in [2.05, 4.69) is 0 Å². The van der Waals surface area contributed by atoms with Crippen molar-refractivity contribution in [3.8, 4) is 0 Å². The number of quaternary nitrogens is 2. The Kier molecular flexibility index (Phi) is 9.20. The molecular formula is C10H30N2O8P2+2. The predicted molar refractivity (Wildman–Crippen MR) is 81.9 cm³/mol. The van der Waals surface area contributed by atoms with E-state index < -0.39 is 26.9 Å². The molecule has 136 valence electrons. The van der Waals surface area contributed by atoms with Crippen LogP contribution in [-0.2, 0) is 9.13 Å². The van der Waals surface area contributed by atoms with Gasteiger partial charge in [0, 0.05) is 0 Å². The van der Waals surface area contributed by atoms with Crippen LogP contribution in [0.15, 0.2) is 0 Å². The van der Waals surface area contributed by atoms with Gasteiger partial charge < -0.3 is 38.8 Å². The van der Waals surface area contributed by atoms with Crippen molar-refractivity contribution in [1.82, 2.24) is 0 Å². The van der Waals surface area contributed by atoms with Gasteiger partial charge in [-0.2, -0.15) is 0 Å². The molecular weight excluding hydrogens is 338 g/mol. The lowest BCUT2D eigenvalue weighted by Crippen LogP contribution is -2.41. The highest BCUT2D eigenvalue weighted by Gasteiger charge is 2.32. The molecule has 0 radical (unpaired) electrons. The standard InChI is InChI=1S/2C5H14NO4P/c2*1-6(2,3)4-5(7)11(8,9)10/h2*5,7H,4H2,1-3H3,(H-,8,9,10)/p+2. The lowest BCUT2D eigenvalue weighted by atomic mass is 10.5. The second-order valence-electron chi connectivity index (χ2n) is 7.09. The van der Waals surface area contributed by atoms with Crippen LogP contribution < -0.4 is 0 Å². The average Bonchev–Trinajstić information content (AvgIpc) is 2.09. The van der Waals surface area contributed by atoms with Crippen molar-refractivity contribution >= 4 is 15.2 Å². The molecule has 0 saturated carbocycles. The topological polar surface area (TPSA) is 156 Å². The summed E-state index contributed by atoms with van der Waals surface area (Å²) in [6, 6.07) is 0. The molecule has 0 aliphatic rings. The summed E-state index contributed by atoms with van der Waals surface area (Å²) < 4.78 is 21.5. The molecule has 12 heteroatoms. The van der Waals surface area contributed by atoms with E-state index in [4.69, 9.17) is 29.8 Å². The van der Waals surface area contributed by atoms with Gasteiger partial charge in [-0.25, -0.2) is 0 Å². The Labute approximate surface area is 131 Å². The summed E-state index contributed by atoms with van der Waals surface area (Å²) >= 11 is 0. The summed E-state index contributed by atoms with van der Waals surface area (Å²) in [4.78, 5) is 34.0. The lowest BCUT2D eigenvalue weighted by molar-refractivity contribution is -0.872. The van der Waals surface area contributed by atoms with E-state index in [0.29, 0.717) is 8.97 Å². The average molecular weight is 368 g/mol. The number of aliphatic hydroxyl groups excluding tert-OH is 2. The van der Waals surface area contributed by atoms with Crippen molar-refractivity contribution in [1.29, 1.82) is 0 Å². The van der Waals surface area contributed by atoms with Gasteiger partial charge in [0.15, 0.2) is 0 Å². The molecule has 0 aromatic heterocycles. The Morgan fingerprint density at radius 2 is 0.864 bits per heavy atom. The van der Waals surface area contributed by atoms with Crippen molar-refractivity contribution in [2.24, 2.45) is 0 Å².